The molecule has 1 rings (SSSR count). The van der Waals surface area contributed by atoms with Gasteiger partial charge in [0.2, 0.25) is 0 Å². The van der Waals surface area contributed by atoms with Crippen molar-refractivity contribution in [3.63, 3.8) is 0 Å². The summed E-state index contributed by atoms with van der Waals surface area (Å²) in [7, 11) is 3.85. The first kappa shape index (κ1) is 14.2. The Morgan fingerprint density at radius 1 is 1.50 bits per heavy atom. The molecule has 0 spiro atoms. The Morgan fingerprint density at radius 3 is 2.61 bits per heavy atom. The maximum Gasteiger partial charge on any atom is 0.250 e. The molecule has 1 amide bonds. The number of amides is 1. The van der Waals surface area contributed by atoms with Gasteiger partial charge in [0.1, 0.15) is 5.82 Å². The average molecular weight is 254 g/mol. The number of anilines is 2. The lowest BCUT2D eigenvalue weighted by atomic mass is 10.1. The first-order chi connectivity index (χ1) is 8.31. The van der Waals surface area contributed by atoms with Crippen LogP contribution in [0.1, 0.15) is 17.3 Å². The molecule has 0 bridgehead atoms. The molecule has 1 aromatic rings. The number of carbonyl (C=O) groups is 1. The minimum absolute atomic E-state index is 0.0267. The summed E-state index contributed by atoms with van der Waals surface area (Å²) in [6.45, 7) is 2.65. The molecular formula is C12H19FN4O. The normalized spacial score (nSPS) is 12.5. The van der Waals surface area contributed by atoms with E-state index in [2.05, 4.69) is 5.32 Å². The molecular weight excluding hydrogens is 235 g/mol. The second kappa shape index (κ2) is 5.68. The van der Waals surface area contributed by atoms with E-state index >= 15 is 0 Å². The van der Waals surface area contributed by atoms with E-state index in [1.54, 1.807) is 0 Å². The van der Waals surface area contributed by atoms with E-state index in [9.17, 15) is 9.18 Å². The number of nitrogens with two attached hydrogens (primary N) is 2. The predicted molar refractivity (Wildman–Crippen MR) is 71.0 cm³/mol. The van der Waals surface area contributed by atoms with Crippen LogP contribution in [0.25, 0.3) is 0 Å². The number of carbonyl (C=O) groups excluding carboxylic acids is 1. The quantitative estimate of drug-likeness (QED) is 0.681. The molecule has 0 aliphatic carbocycles. The van der Waals surface area contributed by atoms with E-state index in [0.717, 1.165) is 12.6 Å². The fourth-order valence-electron chi connectivity index (χ4n) is 1.77. The van der Waals surface area contributed by atoms with E-state index in [1.165, 1.54) is 6.07 Å². The zero-order chi connectivity index (χ0) is 13.9. The summed E-state index contributed by atoms with van der Waals surface area (Å²) in [4.78, 5) is 13.1. The van der Waals surface area contributed by atoms with Crippen molar-refractivity contribution in [2.75, 3.05) is 31.7 Å². The standard InChI is InChI=1S/C12H19FN4O/c1-7(6-17(2)3)16-11-4-8(12(15)18)10(14)5-9(11)13/h4-5,7,16H,6,14H2,1-3H3,(H2,15,18). The van der Waals surface area contributed by atoms with E-state index < -0.39 is 11.7 Å². The summed E-state index contributed by atoms with van der Waals surface area (Å²) in [6.07, 6.45) is 0. The van der Waals surface area contributed by atoms with Crippen LogP contribution in [0.3, 0.4) is 0 Å². The number of nitrogens with zero attached hydrogens (tertiary/aromatic N) is 1. The average Bonchev–Trinajstić information content (AvgIpc) is 2.20. The largest absolute Gasteiger partial charge is 0.398 e. The summed E-state index contributed by atoms with van der Waals surface area (Å²) in [6, 6.07) is 2.48. The van der Waals surface area contributed by atoms with Gasteiger partial charge in [0.25, 0.3) is 5.91 Å². The Morgan fingerprint density at radius 2 is 2.11 bits per heavy atom. The molecule has 0 aliphatic heterocycles. The van der Waals surface area contributed by atoms with Crippen molar-refractivity contribution in [2.45, 2.75) is 13.0 Å². The molecule has 0 saturated carbocycles. The molecule has 0 heterocycles. The fourth-order valence-corrected chi connectivity index (χ4v) is 1.77. The van der Waals surface area contributed by atoms with Gasteiger partial charge in [-0.3, -0.25) is 4.79 Å². The summed E-state index contributed by atoms with van der Waals surface area (Å²) < 4.78 is 13.7. The molecule has 0 radical (unpaired) electrons. The van der Waals surface area contributed by atoms with Gasteiger partial charge in [-0.15, -0.1) is 0 Å². The summed E-state index contributed by atoms with van der Waals surface area (Å²) in [5, 5.41) is 2.98. The smallest absolute Gasteiger partial charge is 0.250 e. The molecule has 0 fully saturated rings. The van der Waals surface area contributed by atoms with Crippen LogP contribution in [-0.4, -0.2) is 37.5 Å². The SMILES string of the molecule is CC(CN(C)C)Nc1cc(C(N)=O)c(N)cc1F. The number of likely N-dealkylation sites (N-methyl/N-ethyl adjacent to an activating group) is 1. The van der Waals surface area contributed by atoms with Gasteiger partial charge in [-0.1, -0.05) is 0 Å². The first-order valence-corrected chi connectivity index (χ1v) is 5.61. The number of hydrogen-bond acceptors (Lipinski definition) is 4. The van der Waals surface area contributed by atoms with E-state index in [1.807, 2.05) is 25.9 Å². The third-order valence-corrected chi connectivity index (χ3v) is 2.45. The molecule has 5 nitrogen and oxygen atoms in total. The molecule has 1 atom stereocenters. The van der Waals surface area contributed by atoms with E-state index in [0.29, 0.717) is 0 Å². The number of rotatable bonds is 5. The number of halogens is 1. The van der Waals surface area contributed by atoms with Gasteiger partial charge in [-0.05, 0) is 33.2 Å². The van der Waals surface area contributed by atoms with E-state index in [4.69, 9.17) is 11.5 Å². The van der Waals surface area contributed by atoms with Crippen molar-refractivity contribution in [3.05, 3.63) is 23.5 Å². The van der Waals surface area contributed by atoms with Crippen molar-refractivity contribution in [2.24, 2.45) is 5.73 Å². The summed E-state index contributed by atoms with van der Waals surface area (Å²) >= 11 is 0. The van der Waals surface area contributed by atoms with Crippen molar-refractivity contribution in [1.82, 2.24) is 4.90 Å². The molecule has 0 saturated heterocycles. The molecule has 1 aromatic carbocycles. The van der Waals surface area contributed by atoms with Gasteiger partial charge in [-0.25, -0.2) is 4.39 Å². The molecule has 0 aromatic heterocycles. The maximum atomic E-state index is 13.7. The van der Waals surface area contributed by atoms with Gasteiger partial charge in [0.15, 0.2) is 0 Å². The lowest BCUT2D eigenvalue weighted by Gasteiger charge is -2.20. The third kappa shape index (κ3) is 3.59. The Bertz CT molecular complexity index is 448. The first-order valence-electron chi connectivity index (χ1n) is 5.61. The lowest BCUT2D eigenvalue weighted by Crippen LogP contribution is -2.30. The molecule has 1 unspecified atom stereocenters. The van der Waals surface area contributed by atoms with E-state index in [-0.39, 0.29) is 23.0 Å². The second-order valence-electron chi connectivity index (χ2n) is 4.59. The van der Waals surface area contributed by atoms with Crippen LogP contribution < -0.4 is 16.8 Å². The van der Waals surface area contributed by atoms with Gasteiger partial charge < -0.3 is 21.7 Å². The number of primary amides is 1. The fraction of sp³-hybridized carbons (Fsp3) is 0.417. The molecule has 18 heavy (non-hydrogen) atoms. The lowest BCUT2D eigenvalue weighted by molar-refractivity contribution is 0.100. The van der Waals surface area contributed by atoms with Crippen LogP contribution in [0.15, 0.2) is 12.1 Å². The van der Waals surface area contributed by atoms with Crippen molar-refractivity contribution < 1.29 is 9.18 Å². The highest BCUT2D eigenvalue weighted by Gasteiger charge is 2.13. The van der Waals surface area contributed by atoms with Crippen LogP contribution >= 0.6 is 0 Å². The van der Waals surface area contributed by atoms with Crippen LogP contribution in [0.4, 0.5) is 15.8 Å². The number of nitrogen functional groups attached to an aromatic ring is 1. The number of hydrogen-bond donors (Lipinski definition) is 3. The van der Waals surface area contributed by atoms with Crippen molar-refractivity contribution in [3.8, 4) is 0 Å². The second-order valence-corrected chi connectivity index (χ2v) is 4.59. The number of nitrogens with one attached hydrogen (secondary N) is 1. The molecule has 0 aliphatic rings. The van der Waals surface area contributed by atoms with Crippen molar-refractivity contribution >= 4 is 17.3 Å². The van der Waals surface area contributed by atoms with Gasteiger partial charge in [-0.2, -0.15) is 0 Å². The summed E-state index contributed by atoms with van der Waals surface area (Å²) in [5.74, 6) is -1.17. The Hall–Kier alpha value is -1.82. The number of benzene rings is 1. The highest BCUT2D eigenvalue weighted by atomic mass is 19.1. The van der Waals surface area contributed by atoms with Gasteiger partial charge >= 0.3 is 0 Å². The third-order valence-electron chi connectivity index (χ3n) is 2.45. The Balaban J connectivity index is 2.95. The Kier molecular flexibility index (Phi) is 4.49. The highest BCUT2D eigenvalue weighted by molar-refractivity contribution is 5.99. The molecule has 5 N–H and O–H groups in total. The Labute approximate surface area is 106 Å². The zero-order valence-corrected chi connectivity index (χ0v) is 10.8. The highest BCUT2D eigenvalue weighted by Crippen LogP contribution is 2.22. The van der Waals surface area contributed by atoms with Crippen LogP contribution in [-0.2, 0) is 0 Å². The minimum Gasteiger partial charge on any atom is -0.398 e. The van der Waals surface area contributed by atoms with Crippen molar-refractivity contribution in [1.29, 1.82) is 0 Å². The molecule has 100 valence electrons. The summed E-state index contributed by atoms with van der Waals surface area (Å²) in [5.41, 5.74) is 11.1. The van der Waals surface area contributed by atoms with Crippen LogP contribution in [0.5, 0.6) is 0 Å². The van der Waals surface area contributed by atoms with Gasteiger partial charge in [0, 0.05) is 18.3 Å². The monoisotopic (exact) mass is 254 g/mol. The predicted octanol–water partition coefficient (Wildman–Crippen LogP) is 0.869. The van der Waals surface area contributed by atoms with Gasteiger partial charge in [0.05, 0.1) is 11.3 Å². The minimum atomic E-state index is -0.671. The van der Waals surface area contributed by atoms with Crippen LogP contribution in [0.2, 0.25) is 0 Å². The topological polar surface area (TPSA) is 84.4 Å². The zero-order valence-electron chi connectivity index (χ0n) is 10.8. The molecule has 6 heteroatoms. The van der Waals surface area contributed by atoms with Crippen LogP contribution in [0, 0.1) is 5.82 Å². The maximum absolute atomic E-state index is 13.7.